The summed E-state index contributed by atoms with van der Waals surface area (Å²) >= 11 is 1.43. The molecule has 0 unspecified atom stereocenters. The average Bonchev–Trinajstić information content (AvgIpc) is 2.64. The summed E-state index contributed by atoms with van der Waals surface area (Å²) in [5.74, 6) is 0. The molecule has 1 aromatic heterocycles. The zero-order chi connectivity index (χ0) is 13.3. The van der Waals surface area contributed by atoms with E-state index in [-0.39, 0.29) is 0 Å². The Bertz CT molecular complexity index is 728. The summed E-state index contributed by atoms with van der Waals surface area (Å²) in [4.78, 5) is 2.79. The summed E-state index contributed by atoms with van der Waals surface area (Å²) in [6.45, 7) is 0. The SMILES string of the molecule is CN(C)S(=O)(=O)N/N=c1\sc2ccccc2n1C. The van der Waals surface area contributed by atoms with Crippen LogP contribution in [-0.2, 0) is 17.3 Å². The predicted molar refractivity (Wildman–Crippen MR) is 72.1 cm³/mol. The minimum Gasteiger partial charge on any atom is -0.318 e. The van der Waals surface area contributed by atoms with Crippen molar-refractivity contribution in [2.45, 2.75) is 0 Å². The van der Waals surface area contributed by atoms with Gasteiger partial charge in [-0.25, -0.2) is 0 Å². The molecule has 2 aromatic rings. The van der Waals surface area contributed by atoms with Gasteiger partial charge in [-0.15, -0.1) is 5.10 Å². The van der Waals surface area contributed by atoms with Crippen LogP contribution in [0.5, 0.6) is 0 Å². The molecule has 1 N–H and O–H groups in total. The molecule has 8 heteroatoms. The van der Waals surface area contributed by atoms with Crippen LogP contribution in [0.4, 0.5) is 0 Å². The van der Waals surface area contributed by atoms with Gasteiger partial charge in [0.1, 0.15) is 0 Å². The van der Waals surface area contributed by atoms with Gasteiger partial charge in [0.2, 0.25) is 4.80 Å². The first kappa shape index (κ1) is 13.1. The first-order valence-corrected chi connectivity index (χ1v) is 7.45. The van der Waals surface area contributed by atoms with E-state index in [9.17, 15) is 8.42 Å². The first-order valence-electron chi connectivity index (χ1n) is 5.19. The van der Waals surface area contributed by atoms with Crippen LogP contribution in [0.1, 0.15) is 0 Å². The van der Waals surface area contributed by atoms with Gasteiger partial charge in [0.25, 0.3) is 0 Å². The molecule has 0 spiro atoms. The molecular formula is C10H14N4O2S2. The van der Waals surface area contributed by atoms with E-state index < -0.39 is 10.2 Å². The van der Waals surface area contributed by atoms with E-state index in [1.807, 2.05) is 35.9 Å². The lowest BCUT2D eigenvalue weighted by Gasteiger charge is -2.08. The third-order valence-electron chi connectivity index (χ3n) is 2.45. The molecule has 6 nitrogen and oxygen atoms in total. The van der Waals surface area contributed by atoms with Crippen molar-refractivity contribution in [1.82, 2.24) is 13.7 Å². The number of nitrogens with zero attached hydrogens (tertiary/aromatic N) is 3. The van der Waals surface area contributed by atoms with E-state index in [0.717, 1.165) is 14.5 Å². The van der Waals surface area contributed by atoms with Crippen molar-refractivity contribution in [1.29, 1.82) is 0 Å². The molecule has 0 saturated carbocycles. The highest BCUT2D eigenvalue weighted by atomic mass is 32.2. The number of para-hydroxylation sites is 1. The lowest BCUT2D eigenvalue weighted by Crippen LogP contribution is -2.34. The number of thiazole rings is 1. The van der Waals surface area contributed by atoms with Crippen LogP contribution < -0.4 is 9.63 Å². The Labute approximate surface area is 109 Å². The summed E-state index contributed by atoms with van der Waals surface area (Å²) in [6, 6.07) is 7.81. The second kappa shape index (κ2) is 4.71. The Hall–Kier alpha value is -1.38. The van der Waals surface area contributed by atoms with Crippen LogP contribution in [-0.4, -0.2) is 31.4 Å². The molecule has 0 saturated heterocycles. The van der Waals surface area contributed by atoms with Crippen LogP contribution in [0.25, 0.3) is 10.2 Å². The highest BCUT2D eigenvalue weighted by molar-refractivity contribution is 7.87. The number of benzene rings is 1. The topological polar surface area (TPSA) is 66.7 Å². The summed E-state index contributed by atoms with van der Waals surface area (Å²) in [5.41, 5.74) is 1.02. The second-order valence-electron chi connectivity index (χ2n) is 3.90. The van der Waals surface area contributed by atoms with Crippen molar-refractivity contribution >= 4 is 31.8 Å². The van der Waals surface area contributed by atoms with E-state index in [4.69, 9.17) is 0 Å². The minimum atomic E-state index is -3.54. The van der Waals surface area contributed by atoms with Crippen molar-refractivity contribution in [2.24, 2.45) is 12.1 Å². The molecule has 2 rings (SSSR count). The summed E-state index contributed by atoms with van der Waals surface area (Å²) in [6.07, 6.45) is 0. The molecule has 1 aromatic carbocycles. The zero-order valence-electron chi connectivity index (χ0n) is 10.3. The fourth-order valence-electron chi connectivity index (χ4n) is 1.37. The molecule has 0 atom stereocenters. The Kier molecular flexibility index (Phi) is 3.42. The number of hydrogen-bond donors (Lipinski definition) is 1. The van der Waals surface area contributed by atoms with Crippen molar-refractivity contribution in [3.05, 3.63) is 29.1 Å². The number of fused-ring (bicyclic) bond motifs is 1. The van der Waals surface area contributed by atoms with Crippen LogP contribution in [0.15, 0.2) is 29.4 Å². The Morgan fingerprint density at radius 1 is 1.33 bits per heavy atom. The van der Waals surface area contributed by atoms with Gasteiger partial charge in [-0.2, -0.15) is 17.6 Å². The Morgan fingerprint density at radius 3 is 2.61 bits per heavy atom. The highest BCUT2D eigenvalue weighted by Gasteiger charge is 2.11. The van der Waals surface area contributed by atoms with Gasteiger partial charge in [-0.3, -0.25) is 0 Å². The largest absolute Gasteiger partial charge is 0.318 e. The molecule has 0 fully saturated rings. The smallest absolute Gasteiger partial charge is 0.316 e. The third kappa shape index (κ3) is 2.40. The quantitative estimate of drug-likeness (QED) is 0.833. The third-order valence-corrected chi connectivity index (χ3v) is 4.85. The minimum absolute atomic E-state index is 0.599. The molecule has 0 aliphatic heterocycles. The fourth-order valence-corrected chi connectivity index (χ4v) is 2.77. The normalized spacial score (nSPS) is 13.4. The van der Waals surface area contributed by atoms with E-state index in [1.54, 1.807) is 0 Å². The Morgan fingerprint density at radius 2 is 2.00 bits per heavy atom. The molecule has 1 heterocycles. The number of aromatic nitrogens is 1. The number of aryl methyl sites for hydroxylation is 1. The van der Waals surface area contributed by atoms with Crippen LogP contribution >= 0.6 is 11.3 Å². The lowest BCUT2D eigenvalue weighted by atomic mass is 10.3. The van der Waals surface area contributed by atoms with Crippen LogP contribution in [0, 0.1) is 0 Å². The van der Waals surface area contributed by atoms with E-state index in [2.05, 4.69) is 9.93 Å². The molecule has 18 heavy (non-hydrogen) atoms. The van der Waals surface area contributed by atoms with E-state index in [1.165, 1.54) is 25.4 Å². The zero-order valence-corrected chi connectivity index (χ0v) is 11.9. The van der Waals surface area contributed by atoms with Crippen molar-refractivity contribution in [2.75, 3.05) is 14.1 Å². The lowest BCUT2D eigenvalue weighted by molar-refractivity contribution is 0.506. The van der Waals surface area contributed by atoms with Gasteiger partial charge in [0, 0.05) is 21.1 Å². The van der Waals surface area contributed by atoms with Gasteiger partial charge in [0.15, 0.2) is 0 Å². The van der Waals surface area contributed by atoms with Gasteiger partial charge in [0.05, 0.1) is 10.2 Å². The van der Waals surface area contributed by atoms with Crippen molar-refractivity contribution in [3.63, 3.8) is 0 Å². The molecule has 0 aliphatic carbocycles. The van der Waals surface area contributed by atoms with E-state index >= 15 is 0 Å². The number of rotatable bonds is 3. The van der Waals surface area contributed by atoms with Crippen LogP contribution in [0.3, 0.4) is 0 Å². The summed E-state index contributed by atoms with van der Waals surface area (Å²) in [7, 11) is 1.20. The molecule has 0 aliphatic rings. The van der Waals surface area contributed by atoms with Crippen LogP contribution in [0.2, 0.25) is 0 Å². The summed E-state index contributed by atoms with van der Waals surface area (Å²) in [5, 5.41) is 3.94. The van der Waals surface area contributed by atoms with Crippen molar-refractivity contribution < 1.29 is 8.42 Å². The standard InChI is InChI=1S/C10H14N4O2S2/c1-13(2)18(15,16)12-11-10-14(3)8-6-4-5-7-9(8)17-10/h4-7,12H,1-3H3/b11-10-. The number of hydrogen-bond acceptors (Lipinski definition) is 4. The monoisotopic (exact) mass is 286 g/mol. The second-order valence-corrected chi connectivity index (χ2v) is 6.77. The number of nitrogens with one attached hydrogen (secondary N) is 1. The molecule has 0 amide bonds. The average molecular weight is 286 g/mol. The molecule has 98 valence electrons. The van der Waals surface area contributed by atoms with Gasteiger partial charge >= 0.3 is 10.2 Å². The highest BCUT2D eigenvalue weighted by Crippen LogP contribution is 2.14. The molecule has 0 bridgehead atoms. The van der Waals surface area contributed by atoms with Gasteiger partial charge in [-0.1, -0.05) is 23.5 Å². The molecule has 0 radical (unpaired) electrons. The maximum atomic E-state index is 11.5. The maximum Gasteiger partial charge on any atom is 0.316 e. The Balaban J connectivity index is 2.46. The first-order chi connectivity index (χ1) is 8.42. The maximum absolute atomic E-state index is 11.5. The van der Waals surface area contributed by atoms with Crippen molar-refractivity contribution in [3.8, 4) is 0 Å². The van der Waals surface area contributed by atoms with Gasteiger partial charge in [-0.05, 0) is 12.1 Å². The summed E-state index contributed by atoms with van der Waals surface area (Å²) < 4.78 is 27.1. The molecular weight excluding hydrogens is 272 g/mol. The van der Waals surface area contributed by atoms with E-state index in [0.29, 0.717) is 4.80 Å². The predicted octanol–water partition coefficient (Wildman–Crippen LogP) is 0.451. The fraction of sp³-hybridized carbons (Fsp3) is 0.300. The van der Waals surface area contributed by atoms with Gasteiger partial charge < -0.3 is 4.57 Å².